The first kappa shape index (κ1) is 28.1. The first-order chi connectivity index (χ1) is 19.9. The Morgan fingerprint density at radius 1 is 1.02 bits per heavy atom. The Balaban J connectivity index is 1.09. The zero-order valence-electron chi connectivity index (χ0n) is 23.0. The molecule has 220 valence electrons. The number of nitrogens with two attached hydrogens (primary N) is 1. The summed E-state index contributed by atoms with van der Waals surface area (Å²) in [7, 11) is 2.74. The lowest BCUT2D eigenvalue weighted by atomic mass is 9.39. The molecule has 3 N–H and O–H groups in total. The van der Waals surface area contributed by atoms with Crippen LogP contribution in [0.1, 0.15) is 40.2 Å². The van der Waals surface area contributed by atoms with Gasteiger partial charge in [-0.2, -0.15) is 4.39 Å². The number of benzene rings is 2. The number of nitrogens with one attached hydrogen (secondary N) is 1. The van der Waals surface area contributed by atoms with E-state index in [1.54, 1.807) is 11.0 Å². The number of anilines is 1. The summed E-state index contributed by atoms with van der Waals surface area (Å²) in [4.78, 5) is 46.7. The van der Waals surface area contributed by atoms with Crippen molar-refractivity contribution in [2.45, 2.75) is 24.8 Å². The quantitative estimate of drug-likeness (QED) is 0.448. The van der Waals surface area contributed by atoms with Gasteiger partial charge in [0.15, 0.2) is 17.4 Å². The Kier molecular flexibility index (Phi) is 6.73. The van der Waals surface area contributed by atoms with Gasteiger partial charge in [-0.25, -0.2) is 9.37 Å². The van der Waals surface area contributed by atoms with E-state index >= 15 is 0 Å². The number of ether oxygens (including phenoxy) is 1. The third-order valence-electron chi connectivity index (χ3n) is 8.57. The molecule has 3 aliphatic carbocycles. The molecule has 4 fully saturated rings. The summed E-state index contributed by atoms with van der Waals surface area (Å²) in [6.07, 6.45) is 3.52. The van der Waals surface area contributed by atoms with Crippen LogP contribution in [0.2, 0.25) is 5.02 Å². The molecule has 2 heterocycles. The summed E-state index contributed by atoms with van der Waals surface area (Å²) < 4.78 is 35.0. The van der Waals surface area contributed by atoms with Crippen molar-refractivity contribution in [1.29, 1.82) is 0 Å². The summed E-state index contributed by atoms with van der Waals surface area (Å²) in [5.41, 5.74) is 6.37. The van der Waals surface area contributed by atoms with Crippen LogP contribution < -0.4 is 15.8 Å². The zero-order chi connectivity index (χ0) is 30.0. The van der Waals surface area contributed by atoms with E-state index < -0.39 is 17.5 Å². The van der Waals surface area contributed by atoms with Crippen molar-refractivity contribution < 1.29 is 27.9 Å². The number of amides is 3. The van der Waals surface area contributed by atoms with Gasteiger partial charge in [0.05, 0.1) is 35.0 Å². The van der Waals surface area contributed by atoms with Crippen LogP contribution in [-0.4, -0.2) is 75.9 Å². The Bertz CT molecular complexity index is 1610. The molecule has 1 aromatic heterocycles. The smallest absolute Gasteiger partial charge is 0.291 e. The number of rotatable bonds is 6. The van der Waals surface area contributed by atoms with Gasteiger partial charge in [0.2, 0.25) is 11.7 Å². The van der Waals surface area contributed by atoms with Gasteiger partial charge in [0.1, 0.15) is 0 Å². The lowest BCUT2D eigenvalue weighted by molar-refractivity contribution is -0.185. The predicted molar refractivity (Wildman–Crippen MR) is 150 cm³/mol. The molecule has 2 aromatic carbocycles. The third kappa shape index (κ3) is 4.49. The Hall–Kier alpha value is -4.03. The van der Waals surface area contributed by atoms with Crippen LogP contribution in [0.15, 0.2) is 36.5 Å². The van der Waals surface area contributed by atoms with Crippen LogP contribution in [-0.2, 0) is 11.8 Å². The highest BCUT2D eigenvalue weighted by Gasteiger charge is 2.70. The van der Waals surface area contributed by atoms with Gasteiger partial charge >= 0.3 is 0 Å². The van der Waals surface area contributed by atoms with Gasteiger partial charge < -0.3 is 30.2 Å². The predicted octanol–water partition coefficient (Wildman–Crippen LogP) is 3.45. The fourth-order valence-corrected chi connectivity index (χ4v) is 6.68. The Labute approximate surface area is 245 Å². The van der Waals surface area contributed by atoms with Crippen molar-refractivity contribution in [2.24, 2.45) is 18.2 Å². The minimum Gasteiger partial charge on any atom is -0.494 e. The molecule has 0 atom stereocenters. The highest BCUT2D eigenvalue weighted by molar-refractivity contribution is 6.34. The maximum absolute atomic E-state index is 14.6. The van der Waals surface area contributed by atoms with Crippen molar-refractivity contribution in [2.75, 3.05) is 38.6 Å². The summed E-state index contributed by atoms with van der Waals surface area (Å²) in [6.45, 7) is 1.69. The number of hydrogen-bond donors (Lipinski definition) is 2. The lowest BCUT2D eigenvalue weighted by Gasteiger charge is -2.68. The largest absolute Gasteiger partial charge is 0.494 e. The minimum absolute atomic E-state index is 0.0511. The van der Waals surface area contributed by atoms with E-state index in [2.05, 4.69) is 10.3 Å². The molecule has 13 heteroatoms. The molecule has 4 aliphatic rings. The van der Waals surface area contributed by atoms with E-state index in [0.717, 1.165) is 19.3 Å². The highest BCUT2D eigenvalue weighted by Crippen LogP contribution is 2.66. The summed E-state index contributed by atoms with van der Waals surface area (Å²) in [6, 6.07) is 7.16. The Morgan fingerprint density at radius 3 is 2.31 bits per heavy atom. The van der Waals surface area contributed by atoms with Crippen molar-refractivity contribution in [3.8, 4) is 17.0 Å². The van der Waals surface area contributed by atoms with Crippen LogP contribution >= 0.6 is 11.6 Å². The highest BCUT2D eigenvalue weighted by atomic mass is 35.5. The van der Waals surface area contributed by atoms with Crippen molar-refractivity contribution in [3.63, 3.8) is 0 Å². The average molecular weight is 599 g/mol. The first-order valence-electron chi connectivity index (χ1n) is 13.5. The second-order valence-electron chi connectivity index (χ2n) is 11.4. The molecule has 0 radical (unpaired) electrons. The van der Waals surface area contributed by atoms with Gasteiger partial charge in [-0.15, -0.1) is 0 Å². The molecule has 1 saturated heterocycles. The summed E-state index contributed by atoms with van der Waals surface area (Å²) in [5.74, 6) is -3.29. The van der Waals surface area contributed by atoms with Gasteiger partial charge in [-0.1, -0.05) is 11.6 Å². The van der Waals surface area contributed by atoms with Crippen LogP contribution in [0.3, 0.4) is 0 Å². The lowest BCUT2D eigenvalue weighted by Crippen LogP contribution is -2.77. The van der Waals surface area contributed by atoms with E-state index in [0.29, 0.717) is 31.9 Å². The SMILES string of the molecule is COc1ccc(-c2cnc(C(=O)Nc3ccc(C(=O)N4CCN(C(=O)C56CC(N)(C5)C6)CC4)c(Cl)c3)n2C)c(F)c1F. The monoisotopic (exact) mass is 598 g/mol. The standard InChI is InChI=1S/C29H29ClF2N6O4/c1-36-20(18-5-6-21(42-2)23(32)22(18)31)12-34-24(36)25(39)35-16-3-4-17(19(30)11-16)26(40)37-7-9-38(10-8-37)27(41)28-13-29(33,14-28)15-28/h3-6,11-12H,7-10,13-15,33H2,1-2H3,(H,35,39). The van der Waals surface area contributed by atoms with Gasteiger partial charge in [0, 0.05) is 50.0 Å². The molecule has 0 spiro atoms. The maximum Gasteiger partial charge on any atom is 0.291 e. The zero-order valence-corrected chi connectivity index (χ0v) is 23.8. The minimum atomic E-state index is -1.14. The third-order valence-corrected chi connectivity index (χ3v) is 8.88. The fraction of sp³-hybridized carbons (Fsp3) is 0.379. The fourth-order valence-electron chi connectivity index (χ4n) is 6.42. The number of aromatic nitrogens is 2. The number of carbonyl (C=O) groups is 3. The summed E-state index contributed by atoms with van der Waals surface area (Å²) in [5, 5.41) is 2.82. The van der Waals surface area contributed by atoms with Crippen molar-refractivity contribution >= 4 is 35.0 Å². The normalized spacial score (nSPS) is 22.7. The van der Waals surface area contributed by atoms with E-state index in [-0.39, 0.29) is 56.2 Å². The number of methoxy groups -OCH3 is 1. The molecular weight excluding hydrogens is 570 g/mol. The number of carbonyl (C=O) groups excluding carboxylic acids is 3. The first-order valence-corrected chi connectivity index (χ1v) is 13.9. The number of hydrogen-bond acceptors (Lipinski definition) is 6. The molecule has 7 rings (SSSR count). The van der Waals surface area contributed by atoms with Crippen LogP contribution in [0.25, 0.3) is 11.3 Å². The second kappa shape index (κ2) is 10.1. The van der Waals surface area contributed by atoms with E-state index in [1.807, 2.05) is 4.90 Å². The van der Waals surface area contributed by atoms with E-state index in [1.165, 1.54) is 49.2 Å². The second-order valence-corrected chi connectivity index (χ2v) is 11.8. The maximum atomic E-state index is 14.6. The van der Waals surface area contributed by atoms with E-state index in [9.17, 15) is 23.2 Å². The molecule has 10 nitrogen and oxygen atoms in total. The molecule has 1 aliphatic heterocycles. The average Bonchev–Trinajstić information content (AvgIpc) is 3.32. The van der Waals surface area contributed by atoms with Gasteiger partial charge in [-0.05, 0) is 49.6 Å². The van der Waals surface area contributed by atoms with Gasteiger partial charge in [-0.3, -0.25) is 14.4 Å². The van der Waals surface area contributed by atoms with Crippen LogP contribution in [0.4, 0.5) is 14.5 Å². The molecule has 2 bridgehead atoms. The molecule has 3 saturated carbocycles. The number of imidazole rings is 1. The van der Waals surface area contributed by atoms with E-state index in [4.69, 9.17) is 22.1 Å². The van der Waals surface area contributed by atoms with Crippen molar-refractivity contribution in [3.05, 3.63) is 64.6 Å². The molecular formula is C29H29ClF2N6O4. The molecule has 42 heavy (non-hydrogen) atoms. The molecule has 3 amide bonds. The van der Waals surface area contributed by atoms with Crippen LogP contribution in [0.5, 0.6) is 5.75 Å². The number of nitrogens with zero attached hydrogens (tertiary/aromatic N) is 4. The molecule has 0 unspecified atom stereocenters. The van der Waals surface area contributed by atoms with Crippen LogP contribution in [0, 0.1) is 17.0 Å². The Morgan fingerprint density at radius 2 is 1.69 bits per heavy atom. The topological polar surface area (TPSA) is 123 Å². The molecule has 3 aromatic rings. The summed E-state index contributed by atoms with van der Waals surface area (Å²) >= 11 is 6.45. The number of piperazine rings is 1. The van der Waals surface area contributed by atoms with Crippen molar-refractivity contribution in [1.82, 2.24) is 19.4 Å². The van der Waals surface area contributed by atoms with Gasteiger partial charge in [0.25, 0.3) is 11.8 Å². The number of halogens is 3.